The van der Waals surface area contributed by atoms with E-state index in [0.717, 1.165) is 10.6 Å². The number of nitrogens with one attached hydrogen (secondary N) is 1. The molecule has 19 heavy (non-hydrogen) atoms. The molecular weight excluding hydrogens is 295 g/mol. The highest BCUT2D eigenvalue weighted by molar-refractivity contribution is 6.35. The van der Waals surface area contributed by atoms with E-state index in [0.29, 0.717) is 5.02 Å². The molecule has 0 saturated heterocycles. The molecule has 0 saturated carbocycles. The van der Waals surface area contributed by atoms with Gasteiger partial charge in [-0.1, -0.05) is 23.2 Å². The van der Waals surface area contributed by atoms with Gasteiger partial charge in [-0.25, -0.2) is 14.2 Å². The van der Waals surface area contributed by atoms with Gasteiger partial charge < -0.3 is 10.1 Å². The fourth-order valence-electron chi connectivity index (χ4n) is 1.50. The van der Waals surface area contributed by atoms with E-state index in [1.807, 2.05) is 0 Å². The number of carboxylic acids is 1. The number of hydrogen-bond donors (Lipinski definition) is 2. The molecule has 0 aliphatic heterocycles. The predicted molar refractivity (Wildman–Crippen MR) is 69.6 cm³/mol. The summed E-state index contributed by atoms with van der Waals surface area (Å²) in [5.74, 6) is -1.40. The maximum absolute atomic E-state index is 11.8. The lowest BCUT2D eigenvalue weighted by Gasteiger charge is -2.07. The van der Waals surface area contributed by atoms with Crippen LogP contribution in [0.2, 0.25) is 10.0 Å². The third kappa shape index (κ3) is 2.54. The summed E-state index contributed by atoms with van der Waals surface area (Å²) in [6, 6.07) is 5.02. The van der Waals surface area contributed by atoms with Gasteiger partial charge in [0, 0.05) is 11.1 Å². The Kier molecular flexibility index (Phi) is 3.46. The molecule has 0 bridgehead atoms. The molecule has 0 aliphatic rings. The summed E-state index contributed by atoms with van der Waals surface area (Å²) in [6.45, 7) is 0. The summed E-state index contributed by atoms with van der Waals surface area (Å²) in [7, 11) is 0. The second-order valence-electron chi connectivity index (χ2n) is 3.56. The van der Waals surface area contributed by atoms with Gasteiger partial charge in [0.2, 0.25) is 0 Å². The normalized spacial score (nSPS) is 10.4. The van der Waals surface area contributed by atoms with E-state index in [1.165, 1.54) is 18.2 Å². The van der Waals surface area contributed by atoms with Crippen LogP contribution in [0, 0.1) is 0 Å². The van der Waals surface area contributed by atoms with Gasteiger partial charge in [0.25, 0.3) is 5.56 Å². The molecule has 98 valence electrons. The molecule has 0 amide bonds. The van der Waals surface area contributed by atoms with Crippen molar-refractivity contribution in [3.05, 3.63) is 60.8 Å². The zero-order chi connectivity index (χ0) is 14.2. The summed E-state index contributed by atoms with van der Waals surface area (Å²) in [6.07, 6.45) is 0. The monoisotopic (exact) mass is 300 g/mol. The Morgan fingerprint density at radius 1 is 1.21 bits per heavy atom. The Morgan fingerprint density at radius 2 is 1.89 bits per heavy atom. The smallest absolute Gasteiger partial charge is 0.352 e. The second kappa shape index (κ2) is 4.91. The zero-order valence-corrected chi connectivity index (χ0v) is 10.7. The summed E-state index contributed by atoms with van der Waals surface area (Å²) < 4.78 is 0.727. The highest BCUT2D eigenvalue weighted by Crippen LogP contribution is 2.22. The summed E-state index contributed by atoms with van der Waals surface area (Å²) >= 11 is 11.6. The zero-order valence-electron chi connectivity index (χ0n) is 9.18. The largest absolute Gasteiger partial charge is 0.477 e. The Hall–Kier alpha value is -2.05. The molecule has 6 nitrogen and oxygen atoms in total. The van der Waals surface area contributed by atoms with Crippen molar-refractivity contribution in [1.29, 1.82) is 0 Å². The highest BCUT2D eigenvalue weighted by Gasteiger charge is 2.13. The first kappa shape index (κ1) is 13.4. The van der Waals surface area contributed by atoms with Crippen molar-refractivity contribution in [2.24, 2.45) is 0 Å². The molecule has 8 heteroatoms. The minimum atomic E-state index is -1.40. The molecule has 1 aromatic carbocycles. The van der Waals surface area contributed by atoms with Gasteiger partial charge in [-0.15, -0.1) is 0 Å². The van der Waals surface area contributed by atoms with E-state index in [1.54, 1.807) is 0 Å². The van der Waals surface area contributed by atoms with Crippen molar-refractivity contribution in [2.45, 2.75) is 0 Å². The number of halogens is 2. The number of aromatic amines is 1. The standard InChI is InChI=1S/C11H6Cl2N2O4/c12-5-1-2-8(6(13)3-5)15-9(16)4-7(10(17)18)14-11(15)19/h1-4H,(H,14,19)(H,17,18). The summed E-state index contributed by atoms with van der Waals surface area (Å²) in [4.78, 5) is 36.3. The lowest BCUT2D eigenvalue weighted by molar-refractivity contribution is 0.0689. The van der Waals surface area contributed by atoms with E-state index < -0.39 is 22.9 Å². The van der Waals surface area contributed by atoms with Crippen molar-refractivity contribution in [1.82, 2.24) is 9.55 Å². The number of carbonyl (C=O) groups is 1. The number of aromatic nitrogens is 2. The topological polar surface area (TPSA) is 92.2 Å². The van der Waals surface area contributed by atoms with Crippen LogP contribution in [-0.4, -0.2) is 20.6 Å². The minimum absolute atomic E-state index is 0.100. The number of aromatic carboxylic acids is 1. The maximum atomic E-state index is 11.8. The van der Waals surface area contributed by atoms with Crippen LogP contribution < -0.4 is 11.2 Å². The quantitative estimate of drug-likeness (QED) is 0.880. The van der Waals surface area contributed by atoms with Gasteiger partial charge in [-0.3, -0.25) is 4.79 Å². The van der Waals surface area contributed by atoms with Gasteiger partial charge in [0.05, 0.1) is 10.7 Å². The fraction of sp³-hybridized carbons (Fsp3) is 0. The Labute approximate surface area is 115 Å². The molecule has 0 aliphatic carbocycles. The van der Waals surface area contributed by atoms with Crippen LogP contribution in [0.3, 0.4) is 0 Å². The van der Waals surface area contributed by atoms with Crippen molar-refractivity contribution in [3.8, 4) is 5.69 Å². The van der Waals surface area contributed by atoms with E-state index in [9.17, 15) is 14.4 Å². The molecule has 2 N–H and O–H groups in total. The molecule has 2 rings (SSSR count). The van der Waals surface area contributed by atoms with E-state index >= 15 is 0 Å². The lowest BCUT2D eigenvalue weighted by Crippen LogP contribution is -2.35. The summed E-state index contributed by atoms with van der Waals surface area (Å²) in [5, 5.41) is 9.17. The fourth-order valence-corrected chi connectivity index (χ4v) is 1.99. The van der Waals surface area contributed by atoms with E-state index in [4.69, 9.17) is 28.3 Å². The van der Waals surface area contributed by atoms with Gasteiger partial charge in [0.1, 0.15) is 5.69 Å². The molecule has 0 atom stereocenters. The molecule has 2 aromatic rings. The Bertz CT molecular complexity index is 748. The number of nitrogens with zero attached hydrogens (tertiary/aromatic N) is 1. The van der Waals surface area contributed by atoms with Crippen molar-refractivity contribution < 1.29 is 9.90 Å². The molecule has 1 aromatic heterocycles. The van der Waals surface area contributed by atoms with Gasteiger partial charge >= 0.3 is 11.7 Å². The van der Waals surface area contributed by atoms with E-state index in [-0.39, 0.29) is 10.7 Å². The molecule has 0 radical (unpaired) electrons. The molecule has 0 spiro atoms. The van der Waals surface area contributed by atoms with Crippen LogP contribution in [0.1, 0.15) is 10.5 Å². The Morgan fingerprint density at radius 3 is 2.42 bits per heavy atom. The predicted octanol–water partition coefficient (Wildman–Crippen LogP) is 1.53. The molecule has 1 heterocycles. The number of H-pyrrole nitrogens is 1. The lowest BCUT2D eigenvalue weighted by atomic mass is 10.3. The Balaban J connectivity index is 2.74. The van der Waals surface area contributed by atoms with Crippen LogP contribution in [0.15, 0.2) is 33.9 Å². The van der Waals surface area contributed by atoms with Gasteiger partial charge in [-0.05, 0) is 18.2 Å². The van der Waals surface area contributed by atoms with Crippen LogP contribution >= 0.6 is 23.2 Å². The van der Waals surface area contributed by atoms with Crippen LogP contribution in [0.25, 0.3) is 5.69 Å². The number of hydrogen-bond acceptors (Lipinski definition) is 3. The van der Waals surface area contributed by atoms with E-state index in [2.05, 4.69) is 4.98 Å². The van der Waals surface area contributed by atoms with Gasteiger partial charge in [-0.2, -0.15) is 0 Å². The maximum Gasteiger partial charge on any atom is 0.352 e. The number of benzene rings is 1. The number of rotatable bonds is 2. The third-order valence-corrected chi connectivity index (χ3v) is 2.85. The minimum Gasteiger partial charge on any atom is -0.477 e. The van der Waals surface area contributed by atoms with Gasteiger partial charge in [0.15, 0.2) is 0 Å². The molecule has 0 unspecified atom stereocenters. The highest BCUT2D eigenvalue weighted by atomic mass is 35.5. The van der Waals surface area contributed by atoms with Crippen molar-refractivity contribution in [3.63, 3.8) is 0 Å². The first-order valence-corrected chi connectivity index (χ1v) is 5.71. The molecular formula is C11H6Cl2N2O4. The number of carboxylic acid groups (broad SMARTS) is 1. The second-order valence-corrected chi connectivity index (χ2v) is 4.41. The van der Waals surface area contributed by atoms with Crippen molar-refractivity contribution >= 4 is 29.2 Å². The third-order valence-electron chi connectivity index (χ3n) is 2.31. The van der Waals surface area contributed by atoms with Crippen LogP contribution in [0.5, 0.6) is 0 Å². The van der Waals surface area contributed by atoms with Crippen LogP contribution in [0.4, 0.5) is 0 Å². The molecule has 0 fully saturated rings. The van der Waals surface area contributed by atoms with Crippen molar-refractivity contribution in [2.75, 3.05) is 0 Å². The van der Waals surface area contributed by atoms with Crippen LogP contribution in [-0.2, 0) is 0 Å². The first-order chi connectivity index (χ1) is 8.90. The summed E-state index contributed by atoms with van der Waals surface area (Å²) in [5.41, 5.74) is -2.06. The average Bonchev–Trinajstić information content (AvgIpc) is 2.30. The SMILES string of the molecule is O=C(O)c1cc(=O)n(-c2ccc(Cl)cc2Cl)c(=O)[nH]1. The average molecular weight is 301 g/mol. The first-order valence-electron chi connectivity index (χ1n) is 4.95.